The third-order valence-corrected chi connectivity index (χ3v) is 8.02. The molecule has 1 aromatic heterocycles. The molecular formula is C32H41ClN8O11. The lowest BCUT2D eigenvalue weighted by Crippen LogP contribution is -2.38. The third kappa shape index (κ3) is 11.7. The molecule has 0 aliphatic rings. The number of nitrogens with two attached hydrogens (primary N) is 2. The molecular weight excluding hydrogens is 708 g/mol. The summed E-state index contributed by atoms with van der Waals surface area (Å²) in [5.74, 6) is 4.46. The largest absolute Gasteiger partial charge is 0.511 e. The van der Waals surface area contributed by atoms with E-state index in [1.165, 1.54) is 20.8 Å². The molecule has 4 unspecified atom stereocenters. The first kappa shape index (κ1) is 40.7. The number of nitrogens with zero attached hydrogens (tertiary/aromatic N) is 5. The number of hydrazone groups is 1. The number of ether oxygens (including phenoxy) is 3. The quantitative estimate of drug-likeness (QED) is 0.0272. The lowest BCUT2D eigenvalue weighted by atomic mass is 9.97. The summed E-state index contributed by atoms with van der Waals surface area (Å²) in [5, 5.41) is 23.1. The zero-order chi connectivity index (χ0) is 38.4. The highest BCUT2D eigenvalue weighted by Gasteiger charge is 2.31. The maximum absolute atomic E-state index is 13.4. The number of halogens is 1. The van der Waals surface area contributed by atoms with E-state index < -0.39 is 46.7 Å². The van der Waals surface area contributed by atoms with Gasteiger partial charge in [0.15, 0.2) is 16.7 Å². The minimum atomic E-state index is -1.42. The van der Waals surface area contributed by atoms with Crippen LogP contribution in [0.1, 0.15) is 74.4 Å². The van der Waals surface area contributed by atoms with E-state index in [9.17, 15) is 29.8 Å². The van der Waals surface area contributed by atoms with E-state index in [1.54, 1.807) is 4.57 Å². The average Bonchev–Trinajstić information content (AvgIpc) is 3.39. The van der Waals surface area contributed by atoms with E-state index >= 15 is 0 Å². The number of hydrogen-bond acceptors (Lipinski definition) is 15. The Morgan fingerprint density at radius 3 is 2.35 bits per heavy atom. The number of hydrazine groups is 1. The predicted molar refractivity (Wildman–Crippen MR) is 185 cm³/mol. The van der Waals surface area contributed by atoms with Gasteiger partial charge >= 0.3 is 12.1 Å². The second kappa shape index (κ2) is 19.6. The number of carbonyl (C=O) groups excluding carboxylic acids is 2. The molecule has 0 saturated heterocycles. The van der Waals surface area contributed by atoms with E-state index in [2.05, 4.69) is 25.3 Å². The fraction of sp³-hybridized carbons (Fsp3) is 0.438. The van der Waals surface area contributed by atoms with Crippen molar-refractivity contribution in [1.29, 1.82) is 0 Å². The zero-order valence-electron chi connectivity index (χ0n) is 28.9. The summed E-state index contributed by atoms with van der Waals surface area (Å²) >= 11 is 6.46. The van der Waals surface area contributed by atoms with Crippen molar-refractivity contribution in [2.45, 2.75) is 78.4 Å². The highest BCUT2D eigenvalue weighted by Crippen LogP contribution is 2.27. The van der Waals surface area contributed by atoms with Gasteiger partial charge in [0.2, 0.25) is 6.29 Å². The van der Waals surface area contributed by atoms with Gasteiger partial charge in [0.25, 0.3) is 10.2 Å². The summed E-state index contributed by atoms with van der Waals surface area (Å²) in [6.45, 7) is 5.95. The Balaban J connectivity index is 1.69. The van der Waals surface area contributed by atoms with Crippen molar-refractivity contribution in [3.8, 4) is 11.1 Å². The molecule has 3 aromatic rings. The van der Waals surface area contributed by atoms with E-state index in [0.29, 0.717) is 17.8 Å². The summed E-state index contributed by atoms with van der Waals surface area (Å²) in [7, 11) is 0. The molecule has 4 atom stereocenters. The smallest absolute Gasteiger partial charge is 0.434 e. The fourth-order valence-electron chi connectivity index (χ4n) is 5.26. The molecule has 0 aliphatic carbocycles. The van der Waals surface area contributed by atoms with Crippen molar-refractivity contribution in [2.75, 3.05) is 6.61 Å². The second-order valence-corrected chi connectivity index (χ2v) is 11.9. The minimum absolute atomic E-state index is 0.00983. The molecule has 0 saturated carbocycles. The van der Waals surface area contributed by atoms with Crippen LogP contribution in [0.4, 0.5) is 4.79 Å². The molecule has 20 heteroatoms. The summed E-state index contributed by atoms with van der Waals surface area (Å²) < 4.78 is 17.1. The van der Waals surface area contributed by atoms with E-state index in [1.807, 2.05) is 55.5 Å². The Morgan fingerprint density at radius 2 is 1.71 bits per heavy atom. The standard InChI is InChI=1S/C32H41ClN8O11/c1-5-6-11-26-36-29(33)27(39(26)18-22-12-14-23(15-13-22)24-9-7-8-10-25(24)30(34)37-38-35)31(42)49-21(4)50-32(43)48-17-16-19(2)28(52-41(46)47)20(3)51-40(44)45/h7-10,12-15,19-21,28,38H,5-6,11,16-18,35H2,1-4H3,(H2,34,37). The van der Waals surface area contributed by atoms with E-state index in [0.717, 1.165) is 29.5 Å². The van der Waals surface area contributed by atoms with Crippen molar-refractivity contribution >= 4 is 29.6 Å². The molecule has 2 aromatic carbocycles. The van der Waals surface area contributed by atoms with Gasteiger partial charge in [-0.3, -0.25) is 0 Å². The van der Waals surface area contributed by atoms with Crippen LogP contribution in [0, 0.1) is 26.1 Å². The molecule has 1 heterocycles. The van der Waals surface area contributed by atoms with Crippen molar-refractivity contribution in [3.63, 3.8) is 0 Å². The number of nitrogens with one attached hydrogen (secondary N) is 1. The third-order valence-electron chi connectivity index (χ3n) is 7.76. The Morgan fingerprint density at radius 1 is 1.04 bits per heavy atom. The maximum Gasteiger partial charge on any atom is 0.511 e. The molecule has 0 aliphatic heterocycles. The van der Waals surface area contributed by atoms with Gasteiger partial charge in [0, 0.05) is 25.5 Å². The van der Waals surface area contributed by atoms with Crippen LogP contribution in [-0.2, 0) is 36.9 Å². The number of esters is 1. The van der Waals surface area contributed by atoms with E-state index in [-0.39, 0.29) is 36.3 Å². The van der Waals surface area contributed by atoms with Crippen LogP contribution in [0.3, 0.4) is 0 Å². The number of unbranched alkanes of at least 4 members (excludes halogenated alkanes) is 1. The van der Waals surface area contributed by atoms with Crippen LogP contribution in [0.25, 0.3) is 11.1 Å². The van der Waals surface area contributed by atoms with Crippen LogP contribution in [-0.4, -0.2) is 62.8 Å². The molecule has 0 radical (unpaired) electrons. The fourth-order valence-corrected chi connectivity index (χ4v) is 5.53. The summed E-state index contributed by atoms with van der Waals surface area (Å²) in [6.07, 6.45) is -3.07. The molecule has 0 bridgehead atoms. The topological polar surface area (TPSA) is 261 Å². The Bertz CT molecular complexity index is 1720. The lowest BCUT2D eigenvalue weighted by Gasteiger charge is -2.25. The molecule has 5 N–H and O–H groups in total. The van der Waals surface area contributed by atoms with Crippen molar-refractivity contribution in [3.05, 3.63) is 96.6 Å². The normalized spacial score (nSPS) is 13.6. The van der Waals surface area contributed by atoms with Crippen LogP contribution in [0.2, 0.25) is 5.15 Å². The summed E-state index contributed by atoms with van der Waals surface area (Å²) in [5.41, 5.74) is 11.4. The number of rotatable bonds is 20. The van der Waals surface area contributed by atoms with Crippen LogP contribution in [0.15, 0.2) is 53.6 Å². The number of aryl methyl sites for hydroxylation is 1. The number of benzene rings is 2. The van der Waals surface area contributed by atoms with Gasteiger partial charge in [0.1, 0.15) is 18.0 Å². The van der Waals surface area contributed by atoms with Crippen molar-refractivity contribution in [2.24, 2.45) is 22.6 Å². The molecule has 3 rings (SSSR count). The Labute approximate surface area is 303 Å². The SMILES string of the molecule is CCCCc1nc(Cl)c(C(=O)OC(C)OC(=O)OCCC(C)C(O[N+](=O)[O-])C(C)O[N+](=O)[O-])n1Cc1ccc(-c2ccccc2/C(N)=N/NN)cc1. The Kier molecular flexibility index (Phi) is 15.4. The first-order valence-corrected chi connectivity index (χ1v) is 16.5. The highest BCUT2D eigenvalue weighted by atomic mass is 35.5. The zero-order valence-corrected chi connectivity index (χ0v) is 29.7. The minimum Gasteiger partial charge on any atom is -0.434 e. The number of hydrogen-bond donors (Lipinski definition) is 3. The number of carbonyl (C=O) groups is 2. The Hall–Kier alpha value is -5.69. The maximum atomic E-state index is 13.4. The molecule has 0 fully saturated rings. The van der Waals surface area contributed by atoms with Gasteiger partial charge in [-0.05, 0) is 42.4 Å². The van der Waals surface area contributed by atoms with Gasteiger partial charge in [-0.15, -0.1) is 25.3 Å². The number of imidazole rings is 1. The highest BCUT2D eigenvalue weighted by molar-refractivity contribution is 6.32. The predicted octanol–water partition coefficient (Wildman–Crippen LogP) is 4.53. The van der Waals surface area contributed by atoms with E-state index in [4.69, 9.17) is 37.4 Å². The van der Waals surface area contributed by atoms with Crippen molar-refractivity contribution < 1.29 is 43.6 Å². The number of amidine groups is 1. The van der Waals surface area contributed by atoms with Gasteiger partial charge < -0.3 is 34.2 Å². The van der Waals surface area contributed by atoms with Gasteiger partial charge in [-0.1, -0.05) is 80.4 Å². The second-order valence-electron chi connectivity index (χ2n) is 11.5. The molecule has 19 nitrogen and oxygen atoms in total. The van der Waals surface area contributed by atoms with Gasteiger partial charge in [-0.2, -0.15) is 0 Å². The van der Waals surface area contributed by atoms with Crippen LogP contribution in [0.5, 0.6) is 0 Å². The average molecular weight is 749 g/mol. The van der Waals surface area contributed by atoms with Gasteiger partial charge in [0.05, 0.1) is 6.61 Å². The summed E-state index contributed by atoms with van der Waals surface area (Å²) in [4.78, 5) is 60.6. The first-order valence-electron chi connectivity index (χ1n) is 16.1. The molecule has 282 valence electrons. The molecule has 0 spiro atoms. The van der Waals surface area contributed by atoms with Crippen LogP contribution >= 0.6 is 11.6 Å². The van der Waals surface area contributed by atoms with Gasteiger partial charge in [-0.25, -0.2) is 26.0 Å². The molecule has 0 amide bonds. The lowest BCUT2D eigenvalue weighted by molar-refractivity contribution is -0.799. The molecule has 52 heavy (non-hydrogen) atoms. The van der Waals surface area contributed by atoms with Crippen molar-refractivity contribution in [1.82, 2.24) is 15.1 Å². The number of aromatic nitrogens is 2. The van der Waals surface area contributed by atoms with Crippen LogP contribution < -0.4 is 17.1 Å². The first-order chi connectivity index (χ1) is 24.7. The monoisotopic (exact) mass is 748 g/mol. The summed E-state index contributed by atoms with van der Waals surface area (Å²) in [6, 6.07) is 15.0.